The van der Waals surface area contributed by atoms with E-state index in [1.165, 1.54) is 0 Å². The Morgan fingerprint density at radius 1 is 0.957 bits per heavy atom. The second kappa shape index (κ2) is 5.28. The van der Waals surface area contributed by atoms with Crippen LogP contribution in [0.15, 0.2) is 54.9 Å². The highest BCUT2D eigenvalue weighted by molar-refractivity contribution is 5.79. The van der Waals surface area contributed by atoms with Crippen LogP contribution >= 0.6 is 0 Å². The van der Waals surface area contributed by atoms with Crippen molar-refractivity contribution in [1.82, 2.24) is 24.7 Å². The first-order chi connectivity index (χ1) is 11.2. The van der Waals surface area contributed by atoms with Crippen LogP contribution in [0.4, 0.5) is 0 Å². The van der Waals surface area contributed by atoms with Crippen LogP contribution in [0.25, 0.3) is 33.7 Å². The second-order valence-electron chi connectivity index (χ2n) is 5.42. The molecule has 0 fully saturated rings. The third-order valence-electron chi connectivity index (χ3n) is 3.88. The van der Waals surface area contributed by atoms with Crippen LogP contribution in [0, 0.1) is 6.92 Å². The Bertz CT molecular complexity index is 989. The van der Waals surface area contributed by atoms with Gasteiger partial charge in [0.25, 0.3) is 0 Å². The lowest BCUT2D eigenvalue weighted by molar-refractivity contribution is 0.778. The van der Waals surface area contributed by atoms with Crippen LogP contribution in [0.2, 0.25) is 0 Å². The zero-order chi connectivity index (χ0) is 15.8. The number of hydrogen-bond acceptors (Lipinski definition) is 4. The van der Waals surface area contributed by atoms with Gasteiger partial charge in [-0.15, -0.1) is 0 Å². The van der Waals surface area contributed by atoms with Crippen LogP contribution in [-0.2, 0) is 7.05 Å². The average Bonchev–Trinajstić information content (AvgIpc) is 2.97. The zero-order valence-corrected chi connectivity index (χ0v) is 12.9. The minimum absolute atomic E-state index is 0.666. The summed E-state index contributed by atoms with van der Waals surface area (Å²) in [6, 6.07) is 14.3. The van der Waals surface area contributed by atoms with Crippen LogP contribution in [-0.4, -0.2) is 24.7 Å². The molecule has 4 aromatic rings. The van der Waals surface area contributed by atoms with Crippen LogP contribution in [0.3, 0.4) is 0 Å². The Morgan fingerprint density at radius 2 is 1.74 bits per heavy atom. The fourth-order valence-corrected chi connectivity index (χ4v) is 2.72. The molecule has 0 atom stereocenters. The first kappa shape index (κ1) is 13.6. The van der Waals surface area contributed by atoms with Crippen molar-refractivity contribution in [2.45, 2.75) is 6.92 Å². The molecule has 4 rings (SSSR count). The van der Waals surface area contributed by atoms with Crippen molar-refractivity contribution in [3.63, 3.8) is 0 Å². The molecule has 0 spiro atoms. The monoisotopic (exact) mass is 301 g/mol. The molecule has 23 heavy (non-hydrogen) atoms. The van der Waals surface area contributed by atoms with Crippen molar-refractivity contribution < 1.29 is 0 Å². The van der Waals surface area contributed by atoms with Gasteiger partial charge in [0, 0.05) is 36.3 Å². The third kappa shape index (κ3) is 2.36. The number of aromatic nitrogens is 5. The maximum Gasteiger partial charge on any atom is 0.178 e. The molecule has 1 aromatic carbocycles. The summed E-state index contributed by atoms with van der Waals surface area (Å²) in [7, 11) is 1.95. The maximum atomic E-state index is 4.63. The molecule has 0 aliphatic rings. The summed E-state index contributed by atoms with van der Waals surface area (Å²) in [5.74, 6) is 0. The number of pyridine rings is 1. The predicted molar refractivity (Wildman–Crippen MR) is 89.7 cm³/mol. The van der Waals surface area contributed by atoms with Crippen LogP contribution < -0.4 is 0 Å². The number of nitrogens with zero attached hydrogens (tertiary/aromatic N) is 5. The van der Waals surface area contributed by atoms with Crippen LogP contribution in [0.5, 0.6) is 0 Å². The van der Waals surface area contributed by atoms with Gasteiger partial charge in [0.05, 0.1) is 11.4 Å². The topological polar surface area (TPSA) is 56.5 Å². The SMILES string of the molecule is Cc1nc2nccnc2cc1-c1cc(-c2ccccc2)nn1C. The average molecular weight is 301 g/mol. The molecule has 5 heteroatoms. The summed E-state index contributed by atoms with van der Waals surface area (Å²) < 4.78 is 1.88. The van der Waals surface area contributed by atoms with Crippen molar-refractivity contribution in [2.24, 2.45) is 7.05 Å². The Kier molecular flexibility index (Phi) is 3.12. The Balaban J connectivity index is 1.88. The largest absolute Gasteiger partial charge is 0.267 e. The molecule has 3 heterocycles. The van der Waals surface area contributed by atoms with Gasteiger partial charge in [-0.2, -0.15) is 5.10 Å². The summed E-state index contributed by atoms with van der Waals surface area (Å²) in [6.07, 6.45) is 3.34. The molecule has 0 saturated heterocycles. The van der Waals surface area contributed by atoms with E-state index in [0.717, 1.165) is 33.7 Å². The van der Waals surface area contributed by atoms with Gasteiger partial charge in [0.2, 0.25) is 0 Å². The molecular formula is C18H15N5. The predicted octanol–water partition coefficient (Wildman–Crippen LogP) is 3.40. The Hall–Kier alpha value is -3.08. The van der Waals surface area contributed by atoms with Gasteiger partial charge < -0.3 is 0 Å². The molecule has 3 aromatic heterocycles. The molecular weight excluding hydrogens is 286 g/mol. The van der Waals surface area contributed by atoms with Crippen LogP contribution in [0.1, 0.15) is 5.69 Å². The highest BCUT2D eigenvalue weighted by Crippen LogP contribution is 2.28. The number of aryl methyl sites for hydroxylation is 2. The highest BCUT2D eigenvalue weighted by Gasteiger charge is 2.13. The highest BCUT2D eigenvalue weighted by atomic mass is 15.3. The standard InChI is InChI=1S/C18H15N5/c1-12-14(10-16-18(21-12)20-9-8-19-16)17-11-15(22-23(17)2)13-6-4-3-5-7-13/h3-11H,1-2H3. The minimum atomic E-state index is 0.666. The summed E-state index contributed by atoms with van der Waals surface area (Å²) in [5.41, 5.74) is 6.45. The van der Waals surface area contributed by atoms with E-state index in [1.54, 1.807) is 12.4 Å². The first-order valence-corrected chi connectivity index (χ1v) is 7.40. The Labute approximate surface area is 133 Å². The molecule has 0 unspecified atom stereocenters. The van der Waals surface area contributed by atoms with E-state index in [0.29, 0.717) is 5.65 Å². The van der Waals surface area contributed by atoms with Gasteiger partial charge in [0.1, 0.15) is 5.52 Å². The van der Waals surface area contributed by atoms with Crippen molar-refractivity contribution in [3.05, 3.63) is 60.6 Å². The molecule has 112 valence electrons. The zero-order valence-electron chi connectivity index (χ0n) is 12.9. The quantitative estimate of drug-likeness (QED) is 0.569. The molecule has 5 nitrogen and oxygen atoms in total. The molecule has 0 saturated carbocycles. The number of benzene rings is 1. The van der Waals surface area contributed by atoms with E-state index in [1.807, 2.05) is 42.9 Å². The van der Waals surface area contributed by atoms with E-state index in [2.05, 4.69) is 38.2 Å². The van der Waals surface area contributed by atoms with Gasteiger partial charge in [-0.05, 0) is 19.1 Å². The van der Waals surface area contributed by atoms with E-state index in [4.69, 9.17) is 0 Å². The van der Waals surface area contributed by atoms with Crippen molar-refractivity contribution >= 4 is 11.2 Å². The van der Waals surface area contributed by atoms with E-state index >= 15 is 0 Å². The van der Waals surface area contributed by atoms with Gasteiger partial charge in [-0.1, -0.05) is 30.3 Å². The fraction of sp³-hybridized carbons (Fsp3) is 0.111. The number of rotatable bonds is 2. The summed E-state index contributed by atoms with van der Waals surface area (Å²) in [6.45, 7) is 1.98. The van der Waals surface area contributed by atoms with Crippen molar-refractivity contribution in [3.8, 4) is 22.5 Å². The van der Waals surface area contributed by atoms with Gasteiger partial charge >= 0.3 is 0 Å². The van der Waals surface area contributed by atoms with E-state index in [9.17, 15) is 0 Å². The smallest absolute Gasteiger partial charge is 0.178 e. The normalized spacial score (nSPS) is 11.0. The lowest BCUT2D eigenvalue weighted by atomic mass is 10.1. The number of hydrogen-bond donors (Lipinski definition) is 0. The number of fused-ring (bicyclic) bond motifs is 1. The minimum Gasteiger partial charge on any atom is -0.267 e. The maximum absolute atomic E-state index is 4.63. The Morgan fingerprint density at radius 3 is 2.57 bits per heavy atom. The van der Waals surface area contributed by atoms with E-state index < -0.39 is 0 Å². The summed E-state index contributed by atoms with van der Waals surface area (Å²) in [4.78, 5) is 13.2. The third-order valence-corrected chi connectivity index (χ3v) is 3.88. The molecule has 0 aliphatic heterocycles. The fourth-order valence-electron chi connectivity index (χ4n) is 2.72. The van der Waals surface area contributed by atoms with Gasteiger partial charge in [-0.25, -0.2) is 9.97 Å². The molecule has 0 amide bonds. The molecule has 0 radical (unpaired) electrons. The van der Waals surface area contributed by atoms with Gasteiger partial charge in [0.15, 0.2) is 5.65 Å². The van der Waals surface area contributed by atoms with E-state index in [-0.39, 0.29) is 0 Å². The van der Waals surface area contributed by atoms with Crippen molar-refractivity contribution in [1.29, 1.82) is 0 Å². The molecule has 0 aliphatic carbocycles. The first-order valence-electron chi connectivity index (χ1n) is 7.40. The van der Waals surface area contributed by atoms with Gasteiger partial charge in [-0.3, -0.25) is 9.67 Å². The summed E-state index contributed by atoms with van der Waals surface area (Å²) >= 11 is 0. The second-order valence-corrected chi connectivity index (χ2v) is 5.42. The van der Waals surface area contributed by atoms with Crippen molar-refractivity contribution in [2.75, 3.05) is 0 Å². The lowest BCUT2D eigenvalue weighted by Gasteiger charge is -2.06. The lowest BCUT2D eigenvalue weighted by Crippen LogP contribution is -1.98. The molecule has 0 N–H and O–H groups in total. The molecule has 0 bridgehead atoms. The summed E-state index contributed by atoms with van der Waals surface area (Å²) in [5, 5.41) is 4.63.